The van der Waals surface area contributed by atoms with Gasteiger partial charge in [0.1, 0.15) is 6.54 Å². The number of carbonyl (C=O) groups is 2. The van der Waals surface area contributed by atoms with Gasteiger partial charge in [-0.15, -0.1) is 0 Å². The Morgan fingerprint density at radius 3 is 2.47 bits per heavy atom. The van der Waals surface area contributed by atoms with E-state index in [1.54, 1.807) is 0 Å². The second-order valence-corrected chi connectivity index (χ2v) is 3.79. The molecule has 1 amide bonds. The number of nitrogens with one attached hydrogen (secondary N) is 1. The summed E-state index contributed by atoms with van der Waals surface area (Å²) in [6.07, 6.45) is 4.73. The molecule has 0 heterocycles. The first kappa shape index (κ1) is 13.9. The third kappa shape index (κ3) is 7.97. The number of hydrogen-bond acceptors (Lipinski definition) is 2. The fourth-order valence-electron chi connectivity index (χ4n) is 1.45. The lowest BCUT2D eigenvalue weighted by Gasteiger charge is -2.13. The average Bonchev–Trinajstić information content (AvgIpc) is 2.21. The van der Waals surface area contributed by atoms with E-state index in [1.807, 2.05) is 0 Å². The Kier molecular flexibility index (Phi) is 7.68. The van der Waals surface area contributed by atoms with Crippen molar-refractivity contribution in [2.24, 2.45) is 5.92 Å². The number of hydrogen-bond donors (Lipinski definition) is 2. The molecule has 0 radical (unpaired) electrons. The Balaban J connectivity index is 3.74. The van der Waals surface area contributed by atoms with Gasteiger partial charge in [-0.3, -0.25) is 9.59 Å². The summed E-state index contributed by atoms with van der Waals surface area (Å²) in [6, 6.07) is 0. The summed E-state index contributed by atoms with van der Waals surface area (Å²) in [4.78, 5) is 21.5. The van der Waals surface area contributed by atoms with Crippen molar-refractivity contribution in [2.45, 2.75) is 46.0 Å². The third-order valence-electron chi connectivity index (χ3n) is 2.45. The summed E-state index contributed by atoms with van der Waals surface area (Å²) < 4.78 is 0. The van der Waals surface area contributed by atoms with Gasteiger partial charge in [-0.25, -0.2) is 0 Å². The Labute approximate surface area is 91.1 Å². The van der Waals surface area contributed by atoms with Gasteiger partial charge >= 0.3 is 5.97 Å². The molecule has 0 aromatic carbocycles. The topological polar surface area (TPSA) is 66.4 Å². The molecule has 1 atom stereocenters. The van der Waals surface area contributed by atoms with Crippen LogP contribution in [0.25, 0.3) is 0 Å². The van der Waals surface area contributed by atoms with Crippen molar-refractivity contribution in [3.05, 3.63) is 0 Å². The molecular formula is C11H21NO3. The normalized spacial score (nSPS) is 12.1. The summed E-state index contributed by atoms with van der Waals surface area (Å²) in [5, 5.41) is 10.8. The van der Waals surface area contributed by atoms with E-state index in [0.29, 0.717) is 12.3 Å². The Morgan fingerprint density at radius 1 is 1.33 bits per heavy atom. The van der Waals surface area contributed by atoms with Crippen molar-refractivity contribution in [3.8, 4) is 0 Å². The molecule has 0 bridgehead atoms. The molecule has 0 fully saturated rings. The highest BCUT2D eigenvalue weighted by atomic mass is 16.4. The van der Waals surface area contributed by atoms with E-state index in [2.05, 4.69) is 19.2 Å². The zero-order valence-corrected chi connectivity index (χ0v) is 9.58. The smallest absolute Gasteiger partial charge is 0.322 e. The number of carboxylic acids is 1. The maximum Gasteiger partial charge on any atom is 0.322 e. The van der Waals surface area contributed by atoms with Crippen LogP contribution in [0.1, 0.15) is 46.0 Å². The number of carbonyl (C=O) groups excluding carboxylic acids is 1. The molecule has 4 heteroatoms. The minimum Gasteiger partial charge on any atom is -0.480 e. The van der Waals surface area contributed by atoms with E-state index in [0.717, 1.165) is 25.7 Å². The molecule has 0 rings (SSSR count). The Morgan fingerprint density at radius 2 is 2.00 bits per heavy atom. The summed E-state index contributed by atoms with van der Waals surface area (Å²) in [7, 11) is 0. The molecule has 88 valence electrons. The van der Waals surface area contributed by atoms with Crippen molar-refractivity contribution < 1.29 is 14.7 Å². The fraction of sp³-hybridized carbons (Fsp3) is 0.818. The molecule has 0 aliphatic heterocycles. The quantitative estimate of drug-likeness (QED) is 0.648. The second kappa shape index (κ2) is 8.26. The van der Waals surface area contributed by atoms with Gasteiger partial charge in [0, 0.05) is 6.42 Å². The number of unbranched alkanes of at least 4 members (excludes halogenated alkanes) is 1. The second-order valence-electron chi connectivity index (χ2n) is 3.79. The molecule has 4 nitrogen and oxygen atoms in total. The molecule has 0 aromatic rings. The van der Waals surface area contributed by atoms with Crippen LogP contribution in [0, 0.1) is 5.92 Å². The monoisotopic (exact) mass is 215 g/mol. The summed E-state index contributed by atoms with van der Waals surface area (Å²) >= 11 is 0. The van der Waals surface area contributed by atoms with Crippen LogP contribution in [0.5, 0.6) is 0 Å². The van der Waals surface area contributed by atoms with E-state index in [9.17, 15) is 9.59 Å². The minimum atomic E-state index is -0.995. The van der Waals surface area contributed by atoms with Gasteiger partial charge in [-0.1, -0.05) is 33.1 Å². The molecule has 0 aromatic heterocycles. The first-order valence-corrected chi connectivity index (χ1v) is 5.58. The van der Waals surface area contributed by atoms with Crippen LogP contribution in [-0.2, 0) is 9.59 Å². The predicted octanol–water partition coefficient (Wildman–Crippen LogP) is 1.79. The molecule has 2 N–H and O–H groups in total. The zero-order valence-electron chi connectivity index (χ0n) is 9.58. The lowest BCUT2D eigenvalue weighted by atomic mass is 9.95. The SMILES string of the molecule is CCCCC(CC)CC(=O)NCC(=O)O. The molecular weight excluding hydrogens is 194 g/mol. The summed E-state index contributed by atoms with van der Waals surface area (Å²) in [6.45, 7) is 3.91. The van der Waals surface area contributed by atoms with Crippen LogP contribution < -0.4 is 5.32 Å². The van der Waals surface area contributed by atoms with Crippen LogP contribution in [-0.4, -0.2) is 23.5 Å². The van der Waals surface area contributed by atoms with Gasteiger partial charge in [0.05, 0.1) is 0 Å². The first-order valence-electron chi connectivity index (χ1n) is 5.58. The number of aliphatic carboxylic acids is 1. The van der Waals surface area contributed by atoms with Crippen molar-refractivity contribution in [1.82, 2.24) is 5.32 Å². The molecule has 0 spiro atoms. The molecule has 15 heavy (non-hydrogen) atoms. The van der Waals surface area contributed by atoms with Crippen LogP contribution >= 0.6 is 0 Å². The molecule has 0 saturated heterocycles. The van der Waals surface area contributed by atoms with Gasteiger partial charge in [-0.05, 0) is 12.3 Å². The number of rotatable bonds is 8. The van der Waals surface area contributed by atoms with E-state index in [4.69, 9.17) is 5.11 Å². The number of carboxylic acid groups (broad SMARTS) is 1. The van der Waals surface area contributed by atoms with E-state index in [1.165, 1.54) is 0 Å². The van der Waals surface area contributed by atoms with Gasteiger partial charge in [0.2, 0.25) is 5.91 Å². The number of amides is 1. The highest BCUT2D eigenvalue weighted by molar-refractivity contribution is 5.81. The highest BCUT2D eigenvalue weighted by Crippen LogP contribution is 2.16. The van der Waals surface area contributed by atoms with Crippen LogP contribution in [0.4, 0.5) is 0 Å². The molecule has 0 saturated carbocycles. The fourth-order valence-corrected chi connectivity index (χ4v) is 1.45. The Bertz CT molecular complexity index is 204. The lowest BCUT2D eigenvalue weighted by Crippen LogP contribution is -2.30. The lowest BCUT2D eigenvalue weighted by molar-refractivity contribution is -0.138. The van der Waals surface area contributed by atoms with Crippen molar-refractivity contribution >= 4 is 11.9 Å². The van der Waals surface area contributed by atoms with E-state index >= 15 is 0 Å². The van der Waals surface area contributed by atoms with Crippen LogP contribution in [0.2, 0.25) is 0 Å². The molecule has 0 aliphatic rings. The summed E-state index contributed by atoms with van der Waals surface area (Å²) in [5.41, 5.74) is 0. The van der Waals surface area contributed by atoms with Crippen molar-refractivity contribution in [3.63, 3.8) is 0 Å². The largest absolute Gasteiger partial charge is 0.480 e. The van der Waals surface area contributed by atoms with Gasteiger partial charge in [0.15, 0.2) is 0 Å². The molecule has 0 aliphatic carbocycles. The van der Waals surface area contributed by atoms with Gasteiger partial charge in [0.25, 0.3) is 0 Å². The van der Waals surface area contributed by atoms with E-state index < -0.39 is 5.97 Å². The van der Waals surface area contributed by atoms with E-state index in [-0.39, 0.29) is 12.5 Å². The van der Waals surface area contributed by atoms with Crippen molar-refractivity contribution in [1.29, 1.82) is 0 Å². The maximum atomic E-state index is 11.3. The first-order chi connectivity index (χ1) is 7.10. The zero-order chi connectivity index (χ0) is 11.7. The minimum absolute atomic E-state index is 0.152. The Hall–Kier alpha value is -1.06. The van der Waals surface area contributed by atoms with Crippen LogP contribution in [0.3, 0.4) is 0 Å². The summed E-state index contributed by atoms with van der Waals surface area (Å²) in [5.74, 6) is -0.760. The average molecular weight is 215 g/mol. The third-order valence-corrected chi connectivity index (χ3v) is 2.45. The molecule has 1 unspecified atom stereocenters. The van der Waals surface area contributed by atoms with Gasteiger partial charge in [-0.2, -0.15) is 0 Å². The van der Waals surface area contributed by atoms with Crippen molar-refractivity contribution in [2.75, 3.05) is 6.54 Å². The van der Waals surface area contributed by atoms with Crippen LogP contribution in [0.15, 0.2) is 0 Å². The standard InChI is InChI=1S/C11H21NO3/c1-3-5-6-9(4-2)7-10(13)12-8-11(14)15/h9H,3-8H2,1-2H3,(H,12,13)(H,14,15). The van der Waals surface area contributed by atoms with Gasteiger partial charge < -0.3 is 10.4 Å². The maximum absolute atomic E-state index is 11.3. The predicted molar refractivity (Wildman–Crippen MR) is 58.6 cm³/mol. The highest BCUT2D eigenvalue weighted by Gasteiger charge is 2.11.